The van der Waals surface area contributed by atoms with Gasteiger partial charge in [-0.15, -0.1) is 0 Å². The third kappa shape index (κ3) is 4.06. The minimum absolute atomic E-state index is 0.0240. The van der Waals surface area contributed by atoms with Crippen molar-refractivity contribution in [1.29, 1.82) is 0 Å². The number of esters is 1. The minimum Gasteiger partial charge on any atom is -0.462 e. The molecule has 0 bridgehead atoms. The summed E-state index contributed by atoms with van der Waals surface area (Å²) >= 11 is 0. The van der Waals surface area contributed by atoms with Crippen molar-refractivity contribution in [3.8, 4) is 0 Å². The van der Waals surface area contributed by atoms with E-state index in [1.807, 2.05) is 13.8 Å². The first-order chi connectivity index (χ1) is 11.8. The van der Waals surface area contributed by atoms with E-state index in [0.29, 0.717) is 0 Å². The van der Waals surface area contributed by atoms with Crippen molar-refractivity contribution in [2.45, 2.75) is 44.7 Å². The van der Waals surface area contributed by atoms with E-state index < -0.39 is 36.1 Å². The summed E-state index contributed by atoms with van der Waals surface area (Å²) < 4.78 is 11.9. The number of aliphatic hydroxyl groups excluding tert-OH is 1. The average molecular weight is 352 g/mol. The van der Waals surface area contributed by atoms with Gasteiger partial charge in [-0.2, -0.15) is 4.98 Å². The third-order valence-corrected chi connectivity index (χ3v) is 4.38. The molecule has 9 nitrogen and oxygen atoms in total. The molecule has 1 aliphatic heterocycles. The molecule has 9 heteroatoms. The van der Waals surface area contributed by atoms with E-state index in [4.69, 9.17) is 20.9 Å². The SMILES string of the molecule is C=C1[C@H](n2ccc(N)nc2=O)O[C@H](COC(=O)C(N)C(C)CC)[C@H]1O. The van der Waals surface area contributed by atoms with Gasteiger partial charge in [0, 0.05) is 11.8 Å². The number of rotatable bonds is 6. The van der Waals surface area contributed by atoms with Gasteiger partial charge >= 0.3 is 11.7 Å². The van der Waals surface area contributed by atoms with Crippen LogP contribution in [0.25, 0.3) is 0 Å². The first kappa shape index (κ1) is 19.1. The number of nitrogens with zero attached hydrogens (tertiary/aromatic N) is 2. The van der Waals surface area contributed by atoms with Crippen molar-refractivity contribution in [1.82, 2.24) is 9.55 Å². The summed E-state index contributed by atoms with van der Waals surface area (Å²) in [6, 6.07) is 0.689. The molecule has 1 aliphatic rings. The predicted octanol–water partition coefficient (Wildman–Crippen LogP) is -0.443. The number of hydrogen-bond acceptors (Lipinski definition) is 8. The van der Waals surface area contributed by atoms with Gasteiger partial charge in [0.2, 0.25) is 0 Å². The summed E-state index contributed by atoms with van der Waals surface area (Å²) in [6.45, 7) is 7.33. The first-order valence-electron chi connectivity index (χ1n) is 8.05. The highest BCUT2D eigenvalue weighted by Crippen LogP contribution is 2.32. The molecule has 1 aromatic rings. The van der Waals surface area contributed by atoms with Crippen LogP contribution in [0, 0.1) is 5.92 Å². The highest BCUT2D eigenvalue weighted by Gasteiger charge is 2.40. The normalized spacial score (nSPS) is 25.6. The number of nitrogens with two attached hydrogens (primary N) is 2. The van der Waals surface area contributed by atoms with E-state index >= 15 is 0 Å². The zero-order valence-electron chi connectivity index (χ0n) is 14.3. The summed E-state index contributed by atoms with van der Waals surface area (Å²) in [5.74, 6) is -0.510. The van der Waals surface area contributed by atoms with E-state index in [0.717, 1.165) is 11.0 Å². The van der Waals surface area contributed by atoms with E-state index in [1.54, 1.807) is 0 Å². The van der Waals surface area contributed by atoms with E-state index in [2.05, 4.69) is 11.6 Å². The Hall–Kier alpha value is -2.23. The number of nitrogen functional groups attached to an aromatic ring is 1. The standard InChI is InChI=1S/C16H24N4O5/c1-4-8(2)12(18)15(22)24-7-10-13(21)9(3)14(25-10)20-6-5-11(17)19-16(20)23/h5-6,8,10,12-14,21H,3-4,7,18H2,1-2H3,(H2,17,19,23)/t8?,10-,12?,13+,14-/m1/s1. The summed E-state index contributed by atoms with van der Waals surface area (Å²) in [6.07, 6.45) is -0.717. The number of carbonyl (C=O) groups is 1. The Bertz CT molecular complexity index is 704. The van der Waals surface area contributed by atoms with Crippen LogP contribution < -0.4 is 17.2 Å². The van der Waals surface area contributed by atoms with E-state index in [9.17, 15) is 14.7 Å². The van der Waals surface area contributed by atoms with Crippen LogP contribution >= 0.6 is 0 Å². The molecule has 25 heavy (non-hydrogen) atoms. The maximum Gasteiger partial charge on any atom is 0.351 e. The van der Waals surface area contributed by atoms with Gasteiger partial charge in [-0.05, 0) is 12.0 Å². The molecule has 2 heterocycles. The third-order valence-electron chi connectivity index (χ3n) is 4.38. The van der Waals surface area contributed by atoms with Crippen molar-refractivity contribution < 1.29 is 19.4 Å². The molecule has 1 aromatic heterocycles. The molecule has 2 unspecified atom stereocenters. The topological polar surface area (TPSA) is 143 Å². The number of ether oxygens (including phenoxy) is 2. The zero-order chi connectivity index (χ0) is 18.7. The molecule has 2 rings (SSSR count). The van der Waals surface area contributed by atoms with Crippen LogP contribution in [0.5, 0.6) is 0 Å². The van der Waals surface area contributed by atoms with Gasteiger partial charge < -0.3 is 26.0 Å². The molecule has 0 aliphatic carbocycles. The highest BCUT2D eigenvalue weighted by molar-refractivity contribution is 5.75. The molecule has 5 N–H and O–H groups in total. The number of anilines is 1. The van der Waals surface area contributed by atoms with Gasteiger partial charge in [0.05, 0.1) is 0 Å². The fourth-order valence-electron chi connectivity index (χ4n) is 2.44. The van der Waals surface area contributed by atoms with Gasteiger partial charge in [0.25, 0.3) is 0 Å². The Labute approximate surface area is 145 Å². The van der Waals surface area contributed by atoms with Crippen LogP contribution in [0.1, 0.15) is 26.5 Å². The summed E-state index contributed by atoms with van der Waals surface area (Å²) in [7, 11) is 0. The average Bonchev–Trinajstić information content (AvgIpc) is 2.86. The second kappa shape index (κ2) is 7.77. The number of aliphatic hydroxyl groups is 1. The fourth-order valence-corrected chi connectivity index (χ4v) is 2.44. The van der Waals surface area contributed by atoms with Crippen LogP contribution in [-0.2, 0) is 14.3 Å². The molecular formula is C16H24N4O5. The highest BCUT2D eigenvalue weighted by atomic mass is 16.6. The number of hydrogen-bond donors (Lipinski definition) is 3. The van der Waals surface area contributed by atoms with Crippen LogP contribution in [0.3, 0.4) is 0 Å². The molecule has 0 amide bonds. The minimum atomic E-state index is -1.10. The zero-order valence-corrected chi connectivity index (χ0v) is 14.3. The van der Waals surface area contributed by atoms with Crippen LogP contribution in [0.4, 0.5) is 5.82 Å². The first-order valence-corrected chi connectivity index (χ1v) is 8.05. The van der Waals surface area contributed by atoms with Crippen LogP contribution in [0.2, 0.25) is 0 Å². The largest absolute Gasteiger partial charge is 0.462 e. The maximum absolute atomic E-state index is 11.9. The summed E-state index contributed by atoms with van der Waals surface area (Å²) in [5, 5.41) is 10.2. The van der Waals surface area contributed by atoms with Gasteiger partial charge in [0.15, 0.2) is 6.23 Å². The lowest BCUT2D eigenvalue weighted by atomic mass is 10.0. The molecule has 138 valence electrons. The second-order valence-electron chi connectivity index (χ2n) is 6.13. The van der Waals surface area contributed by atoms with Crippen LogP contribution in [-0.4, -0.2) is 45.5 Å². The van der Waals surface area contributed by atoms with Gasteiger partial charge in [0.1, 0.15) is 30.7 Å². The second-order valence-corrected chi connectivity index (χ2v) is 6.13. The molecule has 1 saturated heterocycles. The lowest BCUT2D eigenvalue weighted by Crippen LogP contribution is -2.40. The van der Waals surface area contributed by atoms with E-state index in [1.165, 1.54) is 12.3 Å². The molecule has 0 radical (unpaired) electrons. The summed E-state index contributed by atoms with van der Waals surface area (Å²) in [4.78, 5) is 27.5. The van der Waals surface area contributed by atoms with Gasteiger partial charge in [-0.3, -0.25) is 9.36 Å². The molecule has 0 aromatic carbocycles. The Morgan fingerprint density at radius 3 is 2.88 bits per heavy atom. The Balaban J connectivity index is 2.03. The molecule has 0 saturated carbocycles. The Morgan fingerprint density at radius 1 is 1.60 bits per heavy atom. The smallest absolute Gasteiger partial charge is 0.351 e. The quantitative estimate of drug-likeness (QED) is 0.462. The van der Waals surface area contributed by atoms with Crippen molar-refractivity contribution in [3.63, 3.8) is 0 Å². The fraction of sp³-hybridized carbons (Fsp3) is 0.562. The molecule has 5 atom stereocenters. The van der Waals surface area contributed by atoms with Crippen molar-refractivity contribution in [2.24, 2.45) is 11.7 Å². The molecular weight excluding hydrogens is 328 g/mol. The van der Waals surface area contributed by atoms with Gasteiger partial charge in [-0.25, -0.2) is 4.79 Å². The number of carbonyl (C=O) groups excluding carboxylic acids is 1. The van der Waals surface area contributed by atoms with Crippen molar-refractivity contribution in [2.75, 3.05) is 12.3 Å². The van der Waals surface area contributed by atoms with Crippen LogP contribution in [0.15, 0.2) is 29.2 Å². The molecule has 1 fully saturated rings. The Morgan fingerprint density at radius 2 is 2.28 bits per heavy atom. The predicted molar refractivity (Wildman–Crippen MR) is 90.4 cm³/mol. The number of aromatic nitrogens is 2. The monoisotopic (exact) mass is 352 g/mol. The maximum atomic E-state index is 11.9. The lowest BCUT2D eigenvalue weighted by molar-refractivity contribution is -0.153. The van der Waals surface area contributed by atoms with E-state index in [-0.39, 0.29) is 23.9 Å². The van der Waals surface area contributed by atoms with Crippen molar-refractivity contribution in [3.05, 3.63) is 34.9 Å². The van der Waals surface area contributed by atoms with Gasteiger partial charge in [-0.1, -0.05) is 26.8 Å². The lowest BCUT2D eigenvalue weighted by Gasteiger charge is -2.19. The molecule has 0 spiro atoms. The summed E-state index contributed by atoms with van der Waals surface area (Å²) in [5.41, 5.74) is 10.9. The Kier molecular flexibility index (Phi) is 5.93. The van der Waals surface area contributed by atoms with Crippen molar-refractivity contribution >= 4 is 11.8 Å².